The first-order chi connectivity index (χ1) is 12.4. The zero-order chi connectivity index (χ0) is 18.3. The lowest BCUT2D eigenvalue weighted by molar-refractivity contribution is 0.399. The van der Waals surface area contributed by atoms with Crippen LogP contribution in [0.5, 0.6) is 0 Å². The third-order valence-electron chi connectivity index (χ3n) is 4.54. The number of hydrogen-bond donors (Lipinski definition) is 4. The molecule has 1 aliphatic heterocycles. The van der Waals surface area contributed by atoms with Gasteiger partial charge in [0.1, 0.15) is 16.9 Å². The number of H-pyrrole nitrogens is 1. The summed E-state index contributed by atoms with van der Waals surface area (Å²) in [7, 11) is 0. The predicted octanol–water partition coefficient (Wildman–Crippen LogP) is 2.58. The molecule has 0 saturated carbocycles. The van der Waals surface area contributed by atoms with Crippen LogP contribution in [0.1, 0.15) is 22.3 Å². The van der Waals surface area contributed by atoms with Crippen LogP contribution in [-0.4, -0.2) is 21.6 Å². The van der Waals surface area contributed by atoms with E-state index in [1.54, 1.807) is 6.21 Å². The standard InChI is InChI=1S/C19H21N7/c1-11-8-12(2)18(13(3)9-11)22-17-6-7-21-19(20,23-17)14-4-5-15-16(10-14)25-26-24-15/h4-10,22-23H,20H2,1-3H3,(H,24,25,26). The summed E-state index contributed by atoms with van der Waals surface area (Å²) >= 11 is 0. The Labute approximate surface area is 151 Å². The van der Waals surface area contributed by atoms with E-state index in [-0.39, 0.29) is 0 Å². The average molecular weight is 347 g/mol. The van der Waals surface area contributed by atoms with Gasteiger partial charge in [-0.2, -0.15) is 15.4 Å². The monoisotopic (exact) mass is 347 g/mol. The number of aliphatic imine (C=N–C) groups is 1. The van der Waals surface area contributed by atoms with Gasteiger partial charge in [-0.05, 0) is 50.1 Å². The lowest BCUT2D eigenvalue weighted by Crippen LogP contribution is -2.51. The fraction of sp³-hybridized carbons (Fsp3) is 0.211. The minimum Gasteiger partial charge on any atom is -0.342 e. The Hall–Kier alpha value is -3.19. The quantitative estimate of drug-likeness (QED) is 0.583. The summed E-state index contributed by atoms with van der Waals surface area (Å²) in [6.07, 6.45) is 3.59. The van der Waals surface area contributed by atoms with E-state index < -0.39 is 5.79 Å². The topological polar surface area (TPSA) is 104 Å². The highest BCUT2D eigenvalue weighted by atomic mass is 15.3. The number of benzene rings is 2. The molecule has 0 amide bonds. The number of nitrogens with zero attached hydrogens (tertiary/aromatic N) is 3. The minimum atomic E-state index is -1.07. The third-order valence-corrected chi connectivity index (χ3v) is 4.54. The van der Waals surface area contributed by atoms with E-state index in [0.717, 1.165) is 28.1 Å². The summed E-state index contributed by atoms with van der Waals surface area (Å²) < 4.78 is 0. The largest absolute Gasteiger partial charge is 0.342 e. The number of aryl methyl sites for hydroxylation is 3. The van der Waals surface area contributed by atoms with Crippen LogP contribution in [0.4, 0.5) is 5.69 Å². The fourth-order valence-corrected chi connectivity index (χ4v) is 3.32. The lowest BCUT2D eigenvalue weighted by Gasteiger charge is -2.32. The molecule has 1 atom stereocenters. The Morgan fingerprint density at radius 2 is 1.73 bits per heavy atom. The van der Waals surface area contributed by atoms with Crippen molar-refractivity contribution in [2.24, 2.45) is 10.7 Å². The average Bonchev–Trinajstić information content (AvgIpc) is 3.06. The number of aromatic amines is 1. The van der Waals surface area contributed by atoms with E-state index in [4.69, 9.17) is 5.73 Å². The second kappa shape index (κ2) is 5.96. The molecule has 7 nitrogen and oxygen atoms in total. The molecular weight excluding hydrogens is 326 g/mol. The van der Waals surface area contributed by atoms with E-state index in [2.05, 4.69) is 63.9 Å². The van der Waals surface area contributed by atoms with E-state index in [0.29, 0.717) is 0 Å². The Balaban J connectivity index is 1.63. The van der Waals surface area contributed by atoms with E-state index in [9.17, 15) is 0 Å². The van der Waals surface area contributed by atoms with Crippen molar-refractivity contribution in [2.75, 3.05) is 5.32 Å². The molecule has 0 spiro atoms. The molecule has 1 aliphatic rings. The fourth-order valence-electron chi connectivity index (χ4n) is 3.32. The number of rotatable bonds is 3. The molecule has 4 rings (SSSR count). The van der Waals surface area contributed by atoms with Gasteiger partial charge < -0.3 is 10.6 Å². The number of aromatic nitrogens is 3. The second-order valence-corrected chi connectivity index (χ2v) is 6.68. The molecule has 7 heteroatoms. The number of nitrogens with two attached hydrogens (primary N) is 1. The highest BCUT2D eigenvalue weighted by molar-refractivity contribution is 5.77. The van der Waals surface area contributed by atoms with Crippen molar-refractivity contribution in [1.29, 1.82) is 0 Å². The lowest BCUT2D eigenvalue weighted by atomic mass is 10.0. The molecule has 3 aromatic rings. The van der Waals surface area contributed by atoms with Gasteiger partial charge in [0.15, 0.2) is 0 Å². The Bertz CT molecular complexity index is 1020. The van der Waals surface area contributed by atoms with Gasteiger partial charge in [0.2, 0.25) is 5.79 Å². The summed E-state index contributed by atoms with van der Waals surface area (Å²) in [5.41, 5.74) is 13.5. The highest BCUT2D eigenvalue weighted by Gasteiger charge is 2.29. The van der Waals surface area contributed by atoms with Crippen molar-refractivity contribution in [3.63, 3.8) is 0 Å². The van der Waals surface area contributed by atoms with Crippen LogP contribution in [-0.2, 0) is 5.79 Å². The van der Waals surface area contributed by atoms with Gasteiger partial charge in [0, 0.05) is 17.5 Å². The molecule has 26 heavy (non-hydrogen) atoms. The van der Waals surface area contributed by atoms with Crippen LogP contribution in [0, 0.1) is 20.8 Å². The van der Waals surface area contributed by atoms with Crippen molar-refractivity contribution >= 4 is 22.9 Å². The van der Waals surface area contributed by atoms with Crippen molar-refractivity contribution in [1.82, 2.24) is 20.7 Å². The SMILES string of the molecule is Cc1cc(C)c(NC2=CC=NC(N)(c3ccc4n[nH]nc4c3)N2)c(C)c1. The van der Waals surface area contributed by atoms with Crippen LogP contribution >= 0.6 is 0 Å². The smallest absolute Gasteiger partial charge is 0.210 e. The molecule has 2 aromatic carbocycles. The van der Waals surface area contributed by atoms with Crippen molar-refractivity contribution in [3.8, 4) is 0 Å². The Morgan fingerprint density at radius 3 is 2.50 bits per heavy atom. The van der Waals surface area contributed by atoms with Gasteiger partial charge in [-0.1, -0.05) is 23.8 Å². The van der Waals surface area contributed by atoms with E-state index in [1.165, 1.54) is 16.7 Å². The molecule has 5 N–H and O–H groups in total. The van der Waals surface area contributed by atoms with Crippen LogP contribution < -0.4 is 16.4 Å². The van der Waals surface area contributed by atoms with Gasteiger partial charge in [-0.25, -0.2) is 4.99 Å². The number of anilines is 1. The minimum absolute atomic E-state index is 0.749. The molecule has 0 saturated heterocycles. The first-order valence-corrected chi connectivity index (χ1v) is 8.43. The number of hydrogen-bond acceptors (Lipinski definition) is 6. The zero-order valence-electron chi connectivity index (χ0n) is 15.0. The first kappa shape index (κ1) is 16.3. The molecule has 132 valence electrons. The van der Waals surface area contributed by atoms with Crippen LogP contribution in [0.2, 0.25) is 0 Å². The summed E-state index contributed by atoms with van der Waals surface area (Å²) in [6.45, 7) is 6.28. The Morgan fingerprint density at radius 1 is 1.00 bits per heavy atom. The number of fused-ring (bicyclic) bond motifs is 1. The summed E-state index contributed by atoms with van der Waals surface area (Å²) in [4.78, 5) is 4.44. The van der Waals surface area contributed by atoms with Gasteiger partial charge in [-0.3, -0.25) is 5.73 Å². The van der Waals surface area contributed by atoms with Gasteiger partial charge in [-0.15, -0.1) is 0 Å². The zero-order valence-corrected chi connectivity index (χ0v) is 15.0. The molecule has 0 radical (unpaired) electrons. The molecular formula is C19H21N7. The molecule has 2 heterocycles. The maximum atomic E-state index is 6.54. The molecule has 0 aliphatic carbocycles. The highest BCUT2D eigenvalue weighted by Crippen LogP contribution is 2.26. The second-order valence-electron chi connectivity index (χ2n) is 6.68. The number of allylic oxidation sites excluding steroid dienone is 1. The van der Waals surface area contributed by atoms with Gasteiger partial charge in [0.25, 0.3) is 0 Å². The van der Waals surface area contributed by atoms with Crippen molar-refractivity contribution < 1.29 is 0 Å². The van der Waals surface area contributed by atoms with Crippen LogP contribution in [0.25, 0.3) is 11.0 Å². The third kappa shape index (κ3) is 2.82. The van der Waals surface area contributed by atoms with Crippen molar-refractivity contribution in [3.05, 3.63) is 64.5 Å². The molecule has 0 bridgehead atoms. The normalized spacial score (nSPS) is 19.3. The van der Waals surface area contributed by atoms with Crippen LogP contribution in [0.15, 0.2) is 47.2 Å². The first-order valence-electron chi connectivity index (χ1n) is 8.43. The Kier molecular flexibility index (Phi) is 3.73. The van der Waals surface area contributed by atoms with E-state index in [1.807, 2.05) is 24.3 Å². The predicted molar refractivity (Wildman–Crippen MR) is 104 cm³/mol. The summed E-state index contributed by atoms with van der Waals surface area (Å²) in [5.74, 6) is -0.283. The van der Waals surface area contributed by atoms with Crippen LogP contribution in [0.3, 0.4) is 0 Å². The van der Waals surface area contributed by atoms with Crippen molar-refractivity contribution in [2.45, 2.75) is 26.6 Å². The maximum Gasteiger partial charge on any atom is 0.210 e. The molecule has 1 aromatic heterocycles. The maximum absolute atomic E-state index is 6.54. The number of nitrogens with one attached hydrogen (secondary N) is 3. The van der Waals surface area contributed by atoms with Gasteiger partial charge >= 0.3 is 0 Å². The van der Waals surface area contributed by atoms with E-state index >= 15 is 0 Å². The molecule has 0 fully saturated rings. The summed E-state index contributed by atoms with van der Waals surface area (Å²) in [6, 6.07) is 9.97. The van der Waals surface area contributed by atoms with Gasteiger partial charge in [0.05, 0.1) is 0 Å². The molecule has 1 unspecified atom stereocenters. The summed E-state index contributed by atoms with van der Waals surface area (Å²) in [5, 5.41) is 17.5.